The van der Waals surface area contributed by atoms with Crippen LogP contribution in [0, 0.1) is 0 Å². The van der Waals surface area contributed by atoms with E-state index in [1.54, 1.807) is 0 Å². The number of nitrogens with zero attached hydrogens (tertiary/aromatic N) is 2. The summed E-state index contributed by atoms with van der Waals surface area (Å²) < 4.78 is 12.0. The predicted molar refractivity (Wildman–Crippen MR) is 160 cm³/mol. The van der Waals surface area contributed by atoms with Crippen molar-refractivity contribution in [2.45, 2.75) is 142 Å². The number of hydrogen-bond donors (Lipinski definition) is 0. The van der Waals surface area contributed by atoms with Crippen LogP contribution in [0.2, 0.25) is 0 Å². The zero-order chi connectivity index (χ0) is 26.7. The van der Waals surface area contributed by atoms with Gasteiger partial charge in [0.1, 0.15) is 0 Å². The quantitative estimate of drug-likeness (QED) is 0.144. The van der Waals surface area contributed by atoms with Crippen molar-refractivity contribution in [2.24, 2.45) is 0 Å². The van der Waals surface area contributed by atoms with E-state index in [4.69, 9.17) is 19.4 Å². The van der Waals surface area contributed by atoms with E-state index in [9.17, 15) is 0 Å². The molecule has 3 rings (SSSR count). The molecule has 0 atom stereocenters. The van der Waals surface area contributed by atoms with Crippen LogP contribution in [0.3, 0.4) is 0 Å². The summed E-state index contributed by atoms with van der Waals surface area (Å²) in [5, 5.41) is 0. The molecular weight excluding hydrogens is 468 g/mol. The Kier molecular flexibility index (Phi) is 15.3. The van der Waals surface area contributed by atoms with E-state index in [1.165, 1.54) is 114 Å². The molecule has 0 saturated carbocycles. The highest BCUT2D eigenvalue weighted by atomic mass is 16.5. The van der Waals surface area contributed by atoms with E-state index < -0.39 is 0 Å². The number of ether oxygens (including phenoxy) is 2. The van der Waals surface area contributed by atoms with Gasteiger partial charge < -0.3 is 9.47 Å². The van der Waals surface area contributed by atoms with E-state index in [0.717, 1.165) is 62.0 Å². The van der Waals surface area contributed by atoms with Gasteiger partial charge in [0.2, 0.25) is 11.8 Å². The largest absolute Gasteiger partial charge is 0.478 e. The van der Waals surface area contributed by atoms with Crippen molar-refractivity contribution >= 4 is 0 Å². The molecular formula is C34H54N2O2. The molecule has 0 saturated heterocycles. The van der Waals surface area contributed by atoms with Crippen molar-refractivity contribution in [3.8, 4) is 22.9 Å². The van der Waals surface area contributed by atoms with Gasteiger partial charge in [-0.25, -0.2) is 9.97 Å². The smallest absolute Gasteiger partial charge is 0.213 e. The fourth-order valence-electron chi connectivity index (χ4n) is 5.41. The summed E-state index contributed by atoms with van der Waals surface area (Å²) in [7, 11) is 0. The molecule has 0 aromatic carbocycles. The van der Waals surface area contributed by atoms with Crippen LogP contribution in [-0.2, 0) is 12.8 Å². The van der Waals surface area contributed by atoms with E-state index >= 15 is 0 Å². The number of hydrogen-bond acceptors (Lipinski definition) is 4. The van der Waals surface area contributed by atoms with Crippen LogP contribution in [0.25, 0.3) is 11.1 Å². The number of fused-ring (bicyclic) bond motifs is 3. The first-order valence-electron chi connectivity index (χ1n) is 16.1. The molecule has 38 heavy (non-hydrogen) atoms. The lowest BCUT2D eigenvalue weighted by molar-refractivity contribution is 0.291. The summed E-state index contributed by atoms with van der Waals surface area (Å²) in [5.74, 6) is 1.53. The molecule has 2 aromatic heterocycles. The highest BCUT2D eigenvalue weighted by molar-refractivity contribution is 5.71. The monoisotopic (exact) mass is 522 g/mol. The van der Waals surface area contributed by atoms with E-state index in [0.29, 0.717) is 0 Å². The lowest BCUT2D eigenvalue weighted by Crippen LogP contribution is -2.10. The molecule has 0 fully saturated rings. The van der Waals surface area contributed by atoms with Crippen LogP contribution < -0.4 is 9.47 Å². The normalized spacial score (nSPS) is 12.3. The van der Waals surface area contributed by atoms with Gasteiger partial charge in [0, 0.05) is 23.3 Å². The Bertz CT molecular complexity index is 898. The number of aromatic nitrogens is 2. The lowest BCUT2D eigenvalue weighted by atomic mass is 9.92. The Morgan fingerprint density at radius 1 is 0.474 bits per heavy atom. The molecule has 0 amide bonds. The summed E-state index contributed by atoms with van der Waals surface area (Å²) in [6.45, 7) is 6.08. The number of pyridine rings is 2. The minimum Gasteiger partial charge on any atom is -0.478 e. The maximum Gasteiger partial charge on any atom is 0.213 e. The Morgan fingerprint density at radius 2 is 0.816 bits per heavy atom. The standard InChI is InChI=1S/C34H54N2O2/c1-3-5-7-9-11-13-14-16-18-20-28-38-34-26-22-30-29-21-25-33(35-31(29)23-24-32(30)36-34)37-27-19-17-15-12-10-8-6-4-2/h21-22,25-26H,3-20,23-24,27-28H2,1-2H3. The van der Waals surface area contributed by atoms with Crippen molar-refractivity contribution in [1.29, 1.82) is 0 Å². The number of rotatable bonds is 22. The molecule has 4 heteroatoms. The molecule has 0 aliphatic heterocycles. The molecule has 1 aliphatic carbocycles. The third-order valence-corrected chi connectivity index (χ3v) is 7.78. The average Bonchev–Trinajstić information content (AvgIpc) is 2.94. The topological polar surface area (TPSA) is 44.2 Å². The highest BCUT2D eigenvalue weighted by Gasteiger charge is 2.19. The minimum atomic E-state index is 0.763. The first kappa shape index (κ1) is 30.4. The Balaban J connectivity index is 1.32. The fraction of sp³-hybridized carbons (Fsp3) is 0.706. The summed E-state index contributed by atoms with van der Waals surface area (Å²) in [4.78, 5) is 9.67. The zero-order valence-electron chi connectivity index (χ0n) is 24.6. The van der Waals surface area contributed by atoms with Gasteiger partial charge in [-0.3, -0.25) is 0 Å². The maximum absolute atomic E-state index is 6.00. The van der Waals surface area contributed by atoms with Gasteiger partial charge in [-0.15, -0.1) is 0 Å². The third-order valence-electron chi connectivity index (χ3n) is 7.78. The van der Waals surface area contributed by atoms with Gasteiger partial charge in [0.15, 0.2) is 0 Å². The molecule has 0 bridgehead atoms. The highest BCUT2D eigenvalue weighted by Crippen LogP contribution is 2.34. The van der Waals surface area contributed by atoms with E-state index in [1.807, 2.05) is 12.1 Å². The van der Waals surface area contributed by atoms with Gasteiger partial charge in [-0.05, 0) is 37.8 Å². The molecule has 4 nitrogen and oxygen atoms in total. The Labute approximate surface area is 233 Å². The summed E-state index contributed by atoms with van der Waals surface area (Å²) >= 11 is 0. The SMILES string of the molecule is CCCCCCCCCCCCOc1ccc2c(n1)CCc1nc(OCCCCCCCCCC)ccc1-2. The van der Waals surface area contributed by atoms with E-state index in [2.05, 4.69) is 26.0 Å². The molecule has 2 heterocycles. The number of unbranched alkanes of at least 4 members (excludes halogenated alkanes) is 16. The molecule has 0 N–H and O–H groups in total. The van der Waals surface area contributed by atoms with Crippen molar-refractivity contribution in [2.75, 3.05) is 13.2 Å². The van der Waals surface area contributed by atoms with Gasteiger partial charge in [0.05, 0.1) is 24.6 Å². The summed E-state index contributed by atoms with van der Waals surface area (Å²) in [5.41, 5.74) is 4.65. The average molecular weight is 523 g/mol. The van der Waals surface area contributed by atoms with Crippen molar-refractivity contribution < 1.29 is 9.47 Å². The van der Waals surface area contributed by atoms with Crippen LogP contribution in [0.1, 0.15) is 141 Å². The van der Waals surface area contributed by atoms with Crippen LogP contribution in [0.5, 0.6) is 11.8 Å². The molecule has 0 radical (unpaired) electrons. The van der Waals surface area contributed by atoms with Gasteiger partial charge in [-0.2, -0.15) is 0 Å². The van der Waals surface area contributed by atoms with Crippen molar-refractivity contribution in [3.05, 3.63) is 35.7 Å². The zero-order valence-corrected chi connectivity index (χ0v) is 24.6. The second-order valence-corrected chi connectivity index (χ2v) is 11.1. The molecule has 0 spiro atoms. The second kappa shape index (κ2) is 19.0. The van der Waals surface area contributed by atoms with Crippen molar-refractivity contribution in [3.63, 3.8) is 0 Å². The van der Waals surface area contributed by atoms with Crippen LogP contribution in [-0.4, -0.2) is 23.2 Å². The fourth-order valence-corrected chi connectivity index (χ4v) is 5.41. The van der Waals surface area contributed by atoms with Gasteiger partial charge in [0.25, 0.3) is 0 Å². The lowest BCUT2D eigenvalue weighted by Gasteiger charge is -2.19. The summed E-state index contributed by atoms with van der Waals surface area (Å²) in [6, 6.07) is 8.37. The van der Waals surface area contributed by atoms with Crippen LogP contribution in [0.15, 0.2) is 24.3 Å². The maximum atomic E-state index is 6.00. The van der Waals surface area contributed by atoms with Gasteiger partial charge >= 0.3 is 0 Å². The van der Waals surface area contributed by atoms with Gasteiger partial charge in [-0.1, -0.05) is 117 Å². The van der Waals surface area contributed by atoms with E-state index in [-0.39, 0.29) is 0 Å². The Morgan fingerprint density at radius 3 is 1.18 bits per heavy atom. The minimum absolute atomic E-state index is 0.763. The summed E-state index contributed by atoms with van der Waals surface area (Å²) in [6.07, 6.45) is 25.7. The third kappa shape index (κ3) is 11.3. The number of aryl methyl sites for hydroxylation is 2. The molecule has 2 aromatic rings. The van der Waals surface area contributed by atoms with Crippen molar-refractivity contribution in [1.82, 2.24) is 9.97 Å². The Hall–Kier alpha value is -2.10. The predicted octanol–water partition coefficient (Wildman–Crippen LogP) is 10.1. The molecule has 0 unspecified atom stereocenters. The molecule has 1 aliphatic rings. The van der Waals surface area contributed by atoms with Crippen LogP contribution in [0.4, 0.5) is 0 Å². The second-order valence-electron chi connectivity index (χ2n) is 11.1. The molecule has 212 valence electrons. The first-order valence-corrected chi connectivity index (χ1v) is 16.1. The van der Waals surface area contributed by atoms with Crippen LogP contribution >= 0.6 is 0 Å². The first-order chi connectivity index (χ1) is 18.8.